The second-order valence-corrected chi connectivity index (χ2v) is 3.89. The maximum absolute atomic E-state index is 5.59. The summed E-state index contributed by atoms with van der Waals surface area (Å²) in [5.74, 6) is 1.05. The normalized spacial score (nSPS) is 19.4. The van der Waals surface area contributed by atoms with Crippen molar-refractivity contribution in [1.82, 2.24) is 9.80 Å². The zero-order valence-corrected chi connectivity index (χ0v) is 10.3. The summed E-state index contributed by atoms with van der Waals surface area (Å²) in [5, 5.41) is 0. The van der Waals surface area contributed by atoms with Gasteiger partial charge in [-0.25, -0.2) is 0 Å². The number of nitrogens with zero attached hydrogens (tertiary/aromatic N) is 2. The van der Waals surface area contributed by atoms with Crippen molar-refractivity contribution in [2.24, 2.45) is 0 Å². The van der Waals surface area contributed by atoms with Crippen LogP contribution in [0.15, 0.2) is 12.0 Å². The van der Waals surface area contributed by atoms with Gasteiger partial charge in [0, 0.05) is 26.2 Å². The molecule has 0 atom stereocenters. The van der Waals surface area contributed by atoms with Crippen molar-refractivity contribution in [3.63, 3.8) is 0 Å². The SMILES string of the molecule is C/C=C(\OCC)N1CCN(CCC)CC1. The summed E-state index contributed by atoms with van der Waals surface area (Å²) in [5.41, 5.74) is 0. The second-order valence-electron chi connectivity index (χ2n) is 3.89. The van der Waals surface area contributed by atoms with E-state index in [4.69, 9.17) is 4.74 Å². The smallest absolute Gasteiger partial charge is 0.184 e. The van der Waals surface area contributed by atoms with Crippen LogP contribution in [0.2, 0.25) is 0 Å². The molecule has 1 saturated heterocycles. The first-order valence-electron chi connectivity index (χ1n) is 6.08. The largest absolute Gasteiger partial charge is 0.480 e. The molecule has 15 heavy (non-hydrogen) atoms. The van der Waals surface area contributed by atoms with Gasteiger partial charge < -0.3 is 9.64 Å². The lowest BCUT2D eigenvalue weighted by atomic mass is 10.3. The number of piperazine rings is 1. The van der Waals surface area contributed by atoms with Gasteiger partial charge in [0.2, 0.25) is 0 Å². The third-order valence-corrected chi connectivity index (χ3v) is 2.76. The summed E-state index contributed by atoms with van der Waals surface area (Å²) in [7, 11) is 0. The van der Waals surface area contributed by atoms with E-state index in [0.717, 1.165) is 38.7 Å². The van der Waals surface area contributed by atoms with E-state index in [-0.39, 0.29) is 0 Å². The molecule has 0 aromatic carbocycles. The lowest BCUT2D eigenvalue weighted by Gasteiger charge is -2.36. The summed E-state index contributed by atoms with van der Waals surface area (Å²) in [6, 6.07) is 0. The second kappa shape index (κ2) is 6.72. The molecule has 1 aliphatic rings. The Labute approximate surface area is 93.7 Å². The molecule has 0 spiro atoms. The van der Waals surface area contributed by atoms with Crippen LogP contribution >= 0.6 is 0 Å². The molecular weight excluding hydrogens is 188 g/mol. The van der Waals surface area contributed by atoms with Crippen LogP contribution in [0.3, 0.4) is 0 Å². The Morgan fingerprint density at radius 1 is 1.20 bits per heavy atom. The first kappa shape index (κ1) is 12.4. The predicted molar refractivity (Wildman–Crippen MR) is 63.7 cm³/mol. The third-order valence-electron chi connectivity index (χ3n) is 2.76. The summed E-state index contributed by atoms with van der Waals surface area (Å²) >= 11 is 0. The highest BCUT2D eigenvalue weighted by Gasteiger charge is 2.17. The van der Waals surface area contributed by atoms with Crippen molar-refractivity contribution in [1.29, 1.82) is 0 Å². The zero-order valence-electron chi connectivity index (χ0n) is 10.3. The lowest BCUT2D eigenvalue weighted by molar-refractivity contribution is 0.0753. The minimum Gasteiger partial charge on any atom is -0.480 e. The van der Waals surface area contributed by atoms with E-state index in [1.165, 1.54) is 13.0 Å². The maximum atomic E-state index is 5.59. The van der Waals surface area contributed by atoms with Crippen molar-refractivity contribution in [3.05, 3.63) is 12.0 Å². The topological polar surface area (TPSA) is 15.7 Å². The third kappa shape index (κ3) is 3.74. The molecular formula is C12H24N2O. The van der Waals surface area contributed by atoms with Crippen LogP contribution < -0.4 is 0 Å². The van der Waals surface area contributed by atoms with Gasteiger partial charge in [0.15, 0.2) is 5.88 Å². The standard InChI is InChI=1S/C12H24N2O/c1-4-7-13-8-10-14(11-9-13)12(5-2)15-6-3/h5H,4,6-11H2,1-3H3/b12-5-. The Bertz CT molecular complexity index is 196. The minimum atomic E-state index is 0.759. The van der Waals surface area contributed by atoms with Gasteiger partial charge in [-0.1, -0.05) is 6.92 Å². The summed E-state index contributed by atoms with van der Waals surface area (Å²) in [6.45, 7) is 12.8. The molecule has 0 radical (unpaired) electrons. The fraction of sp³-hybridized carbons (Fsp3) is 0.833. The highest BCUT2D eigenvalue weighted by molar-refractivity contribution is 4.93. The van der Waals surface area contributed by atoms with Crippen molar-refractivity contribution in [2.45, 2.75) is 27.2 Å². The van der Waals surface area contributed by atoms with Gasteiger partial charge in [-0.2, -0.15) is 0 Å². The van der Waals surface area contributed by atoms with Crippen molar-refractivity contribution in [2.75, 3.05) is 39.3 Å². The zero-order chi connectivity index (χ0) is 11.1. The summed E-state index contributed by atoms with van der Waals surface area (Å²) < 4.78 is 5.59. The summed E-state index contributed by atoms with van der Waals surface area (Å²) in [6.07, 6.45) is 3.32. The van der Waals surface area contributed by atoms with Gasteiger partial charge in [-0.3, -0.25) is 4.90 Å². The molecule has 0 aromatic heterocycles. The van der Waals surface area contributed by atoms with E-state index < -0.39 is 0 Å². The van der Waals surface area contributed by atoms with Gasteiger partial charge in [0.1, 0.15) is 0 Å². The highest BCUT2D eigenvalue weighted by atomic mass is 16.5. The number of hydrogen-bond donors (Lipinski definition) is 0. The Morgan fingerprint density at radius 3 is 2.33 bits per heavy atom. The van der Waals surface area contributed by atoms with Gasteiger partial charge in [-0.05, 0) is 32.9 Å². The molecule has 0 amide bonds. The molecule has 1 aliphatic heterocycles. The van der Waals surface area contributed by atoms with Crippen LogP contribution in [-0.2, 0) is 4.74 Å². The van der Waals surface area contributed by atoms with Crippen LogP contribution in [0.5, 0.6) is 0 Å². The van der Waals surface area contributed by atoms with Gasteiger partial charge >= 0.3 is 0 Å². The van der Waals surface area contributed by atoms with Gasteiger partial charge in [0.05, 0.1) is 6.61 Å². The van der Waals surface area contributed by atoms with Crippen molar-refractivity contribution < 1.29 is 4.74 Å². The number of rotatable bonds is 5. The molecule has 3 nitrogen and oxygen atoms in total. The van der Waals surface area contributed by atoms with Crippen LogP contribution in [0.25, 0.3) is 0 Å². The van der Waals surface area contributed by atoms with Gasteiger partial charge in [0.25, 0.3) is 0 Å². The van der Waals surface area contributed by atoms with Crippen LogP contribution in [0.1, 0.15) is 27.2 Å². The van der Waals surface area contributed by atoms with E-state index in [9.17, 15) is 0 Å². The fourth-order valence-electron chi connectivity index (χ4n) is 2.01. The maximum Gasteiger partial charge on any atom is 0.184 e. The fourth-order valence-corrected chi connectivity index (χ4v) is 2.01. The number of hydrogen-bond acceptors (Lipinski definition) is 3. The monoisotopic (exact) mass is 212 g/mol. The molecule has 0 saturated carbocycles. The first-order chi connectivity index (χ1) is 7.31. The van der Waals surface area contributed by atoms with E-state index in [1.54, 1.807) is 0 Å². The number of allylic oxidation sites excluding steroid dienone is 1. The van der Waals surface area contributed by atoms with Crippen LogP contribution in [0, 0.1) is 0 Å². The lowest BCUT2D eigenvalue weighted by Crippen LogP contribution is -2.46. The van der Waals surface area contributed by atoms with Crippen LogP contribution in [0.4, 0.5) is 0 Å². The minimum absolute atomic E-state index is 0.759. The average molecular weight is 212 g/mol. The Kier molecular flexibility index (Phi) is 5.54. The van der Waals surface area contributed by atoms with E-state index in [2.05, 4.69) is 22.8 Å². The van der Waals surface area contributed by atoms with Gasteiger partial charge in [-0.15, -0.1) is 0 Å². The molecule has 88 valence electrons. The van der Waals surface area contributed by atoms with E-state index >= 15 is 0 Å². The molecule has 0 aliphatic carbocycles. The van der Waals surface area contributed by atoms with Crippen molar-refractivity contribution >= 4 is 0 Å². The molecule has 0 unspecified atom stereocenters. The Balaban J connectivity index is 2.35. The number of ether oxygens (including phenoxy) is 1. The Morgan fingerprint density at radius 2 is 1.87 bits per heavy atom. The molecule has 1 heterocycles. The van der Waals surface area contributed by atoms with E-state index in [1.807, 2.05) is 13.8 Å². The highest BCUT2D eigenvalue weighted by Crippen LogP contribution is 2.10. The van der Waals surface area contributed by atoms with E-state index in [0.29, 0.717) is 0 Å². The molecule has 1 fully saturated rings. The first-order valence-corrected chi connectivity index (χ1v) is 6.08. The molecule has 0 N–H and O–H groups in total. The summed E-state index contributed by atoms with van der Waals surface area (Å²) in [4.78, 5) is 4.87. The molecule has 1 rings (SSSR count). The quantitative estimate of drug-likeness (QED) is 0.647. The molecule has 0 bridgehead atoms. The molecule has 3 heteroatoms. The average Bonchev–Trinajstić information content (AvgIpc) is 2.28. The van der Waals surface area contributed by atoms with Crippen LogP contribution in [-0.4, -0.2) is 49.1 Å². The molecule has 0 aromatic rings. The Hall–Kier alpha value is -0.700. The predicted octanol–water partition coefficient (Wildman–Crippen LogP) is 1.91. The van der Waals surface area contributed by atoms with Crippen molar-refractivity contribution in [3.8, 4) is 0 Å².